The van der Waals surface area contributed by atoms with Crippen LogP contribution in [0.15, 0.2) is 0 Å². The van der Waals surface area contributed by atoms with Gasteiger partial charge in [0.15, 0.2) is 0 Å². The van der Waals surface area contributed by atoms with E-state index in [0.29, 0.717) is 12.4 Å². The molecule has 0 aliphatic carbocycles. The monoisotopic (exact) mass is 217 g/mol. The van der Waals surface area contributed by atoms with Crippen LogP contribution in [-0.2, 0) is 4.79 Å². The highest BCUT2D eigenvalue weighted by Gasteiger charge is 2.18. The van der Waals surface area contributed by atoms with E-state index < -0.39 is 12.0 Å². The summed E-state index contributed by atoms with van der Waals surface area (Å²) in [5.74, 6) is 0.446. The highest BCUT2D eigenvalue weighted by Crippen LogP contribution is 1.99. The zero-order valence-corrected chi connectivity index (χ0v) is 8.95. The van der Waals surface area contributed by atoms with Gasteiger partial charge in [0.25, 0.3) is 0 Å². The van der Waals surface area contributed by atoms with Crippen molar-refractivity contribution in [1.82, 2.24) is 10.6 Å². The van der Waals surface area contributed by atoms with Gasteiger partial charge in [-0.25, -0.2) is 0 Å². The lowest BCUT2D eigenvalue weighted by Gasteiger charge is -2.15. The Bertz CT molecular complexity index is 233. The molecule has 1 aliphatic heterocycles. The van der Waals surface area contributed by atoms with Gasteiger partial charge in [-0.15, -0.1) is 0 Å². The van der Waals surface area contributed by atoms with Crippen LogP contribution in [0.3, 0.4) is 0 Å². The summed E-state index contributed by atoms with van der Waals surface area (Å²) in [5, 5.41) is 16.6. The summed E-state index contributed by atoms with van der Waals surface area (Å²) in [6.45, 7) is 1.65. The Morgan fingerprint density at radius 2 is 2.64 bits per heavy atom. The predicted octanol–water partition coefficient (Wildman–Crippen LogP) is -3.51. The maximum atomic E-state index is 10.7. The smallest absolute Gasteiger partial charge is 0.344 e. The van der Waals surface area contributed by atoms with Crippen LogP contribution >= 0.6 is 11.8 Å². The third-order valence-electron chi connectivity index (χ3n) is 1.94. The summed E-state index contributed by atoms with van der Waals surface area (Å²) in [6, 6.07) is -0.615. The summed E-state index contributed by atoms with van der Waals surface area (Å²) in [6.07, 6.45) is 2.52. The first-order chi connectivity index (χ1) is 6.74. The molecule has 5 nitrogen and oxygen atoms in total. The predicted molar refractivity (Wildman–Crippen MR) is 53.8 cm³/mol. The average molecular weight is 217 g/mol. The number of guanidine groups is 1. The molecular formula is C8H15N3O2S. The van der Waals surface area contributed by atoms with Crippen molar-refractivity contribution in [3.05, 3.63) is 0 Å². The molecule has 0 aromatic rings. The molecule has 0 unspecified atom stereocenters. The average Bonchev–Trinajstić information content (AvgIpc) is 2.64. The van der Waals surface area contributed by atoms with Gasteiger partial charge in [0, 0.05) is 0 Å². The molecule has 1 aliphatic rings. The lowest BCUT2D eigenvalue weighted by Crippen LogP contribution is -2.75. The van der Waals surface area contributed by atoms with Crippen molar-refractivity contribution >= 4 is 23.7 Å². The van der Waals surface area contributed by atoms with Gasteiger partial charge in [-0.1, -0.05) is 0 Å². The van der Waals surface area contributed by atoms with Crippen molar-refractivity contribution in [2.45, 2.75) is 12.5 Å². The molecule has 0 aromatic heterocycles. The number of carboxylic acids is 1. The summed E-state index contributed by atoms with van der Waals surface area (Å²) < 4.78 is 0. The molecule has 0 radical (unpaired) electrons. The first kappa shape index (κ1) is 11.2. The van der Waals surface area contributed by atoms with Gasteiger partial charge < -0.3 is 9.90 Å². The second-order valence-electron chi connectivity index (χ2n) is 3.03. The van der Waals surface area contributed by atoms with E-state index in [9.17, 15) is 9.90 Å². The molecule has 3 N–H and O–H groups in total. The topological polar surface area (TPSA) is 78.2 Å². The van der Waals surface area contributed by atoms with Crippen molar-refractivity contribution in [2.24, 2.45) is 0 Å². The molecule has 0 aromatic carbocycles. The molecule has 0 saturated carbocycles. The fourth-order valence-electron chi connectivity index (χ4n) is 1.20. The molecule has 0 fully saturated rings. The highest BCUT2D eigenvalue weighted by molar-refractivity contribution is 7.98. The van der Waals surface area contributed by atoms with E-state index in [1.807, 2.05) is 6.26 Å². The number of hydrogen-bond donors (Lipinski definition) is 3. The molecule has 1 rings (SSSR count). The summed E-state index contributed by atoms with van der Waals surface area (Å²) in [7, 11) is 0. The first-order valence-electron chi connectivity index (χ1n) is 4.55. The fraction of sp³-hybridized carbons (Fsp3) is 0.750. The van der Waals surface area contributed by atoms with Crippen LogP contribution in [0.4, 0.5) is 0 Å². The SMILES string of the molecule is CSCC[C@H](NC1=[NH+]CCN1)C(=O)[O-]. The van der Waals surface area contributed by atoms with Crippen LogP contribution in [0.5, 0.6) is 0 Å². The number of nitrogens with one attached hydrogen (secondary N) is 3. The lowest BCUT2D eigenvalue weighted by atomic mass is 10.2. The largest absolute Gasteiger partial charge is 0.546 e. The van der Waals surface area contributed by atoms with Gasteiger partial charge in [-0.3, -0.25) is 15.6 Å². The zero-order valence-electron chi connectivity index (χ0n) is 8.13. The van der Waals surface area contributed by atoms with Crippen LogP contribution in [0.1, 0.15) is 6.42 Å². The van der Waals surface area contributed by atoms with E-state index in [1.165, 1.54) is 0 Å². The van der Waals surface area contributed by atoms with E-state index in [-0.39, 0.29) is 0 Å². The fourth-order valence-corrected chi connectivity index (χ4v) is 1.67. The molecular weight excluding hydrogens is 202 g/mol. The zero-order chi connectivity index (χ0) is 10.4. The Hall–Kier alpha value is -0.910. The van der Waals surface area contributed by atoms with Crippen LogP contribution in [0.25, 0.3) is 0 Å². The standard InChI is InChI=1S/C8H15N3O2S/c1-14-5-2-6(7(12)13)11-8-9-3-4-10-8/h6H,2-5H2,1H3,(H,12,13)(H2,9,10,11)/t6-/m0/s1. The van der Waals surface area contributed by atoms with Crippen molar-refractivity contribution in [1.29, 1.82) is 0 Å². The van der Waals surface area contributed by atoms with Crippen molar-refractivity contribution in [3.8, 4) is 0 Å². The van der Waals surface area contributed by atoms with Gasteiger partial charge in [-0.2, -0.15) is 11.8 Å². The third kappa shape index (κ3) is 3.45. The normalized spacial score (nSPS) is 17.1. The number of thioether (sulfide) groups is 1. The van der Waals surface area contributed by atoms with E-state index >= 15 is 0 Å². The van der Waals surface area contributed by atoms with Crippen LogP contribution in [-0.4, -0.2) is 43.1 Å². The third-order valence-corrected chi connectivity index (χ3v) is 2.59. The lowest BCUT2D eigenvalue weighted by molar-refractivity contribution is -0.447. The summed E-state index contributed by atoms with van der Waals surface area (Å²) >= 11 is 1.62. The molecule has 0 amide bonds. The number of carbonyl (C=O) groups excluding carboxylic acids is 1. The molecule has 1 atom stereocenters. The second-order valence-corrected chi connectivity index (χ2v) is 4.01. The van der Waals surface area contributed by atoms with Crippen molar-refractivity contribution in [3.63, 3.8) is 0 Å². The molecule has 0 spiro atoms. The number of carboxylic acid groups (broad SMARTS) is 1. The minimum absolute atomic E-state index is 0.566. The number of hydrogen-bond acceptors (Lipinski definition) is 5. The number of carbonyl (C=O) groups is 1. The Morgan fingerprint density at radius 3 is 3.14 bits per heavy atom. The minimum atomic E-state index is -1.05. The Labute approximate surface area is 87.4 Å². The van der Waals surface area contributed by atoms with Crippen molar-refractivity contribution < 1.29 is 14.9 Å². The number of rotatable bonds is 5. The van der Waals surface area contributed by atoms with Gasteiger partial charge in [0.2, 0.25) is 0 Å². The molecule has 14 heavy (non-hydrogen) atoms. The Balaban J connectivity index is 2.38. The van der Waals surface area contributed by atoms with Crippen LogP contribution < -0.4 is 20.7 Å². The van der Waals surface area contributed by atoms with E-state index in [1.54, 1.807) is 11.8 Å². The second kappa shape index (κ2) is 5.74. The van der Waals surface area contributed by atoms with Gasteiger partial charge in [-0.05, 0) is 18.4 Å². The van der Waals surface area contributed by atoms with E-state index in [4.69, 9.17) is 0 Å². The maximum Gasteiger partial charge on any atom is 0.344 e. The quantitative estimate of drug-likeness (QED) is 0.445. The van der Waals surface area contributed by atoms with Gasteiger partial charge >= 0.3 is 5.96 Å². The molecule has 6 heteroatoms. The van der Waals surface area contributed by atoms with Crippen LogP contribution in [0.2, 0.25) is 0 Å². The maximum absolute atomic E-state index is 10.7. The first-order valence-corrected chi connectivity index (χ1v) is 5.94. The summed E-state index contributed by atoms with van der Waals surface area (Å²) in [4.78, 5) is 13.8. The Kier molecular flexibility index (Phi) is 4.58. The van der Waals surface area contributed by atoms with Gasteiger partial charge in [0.1, 0.15) is 6.04 Å². The minimum Gasteiger partial charge on any atom is -0.546 e. The molecule has 80 valence electrons. The van der Waals surface area contributed by atoms with Crippen molar-refractivity contribution in [2.75, 3.05) is 25.1 Å². The van der Waals surface area contributed by atoms with E-state index in [2.05, 4.69) is 15.6 Å². The number of aliphatic carboxylic acids is 1. The Morgan fingerprint density at radius 1 is 1.86 bits per heavy atom. The van der Waals surface area contributed by atoms with Gasteiger partial charge in [0.05, 0.1) is 19.1 Å². The molecule has 0 bridgehead atoms. The highest BCUT2D eigenvalue weighted by atomic mass is 32.2. The van der Waals surface area contributed by atoms with E-state index in [0.717, 1.165) is 18.8 Å². The summed E-state index contributed by atoms with van der Waals surface area (Å²) in [5.41, 5.74) is 0. The molecule has 0 saturated heterocycles. The molecule has 1 heterocycles. The van der Waals surface area contributed by atoms with Crippen LogP contribution in [0, 0.1) is 0 Å².